The van der Waals surface area contributed by atoms with Crippen molar-refractivity contribution in [2.24, 2.45) is 28.6 Å². The molecule has 21 heavy (non-hydrogen) atoms. The molecule has 2 heteroatoms. The molecule has 3 fully saturated rings. The topological polar surface area (TPSA) is 34.1 Å². The summed E-state index contributed by atoms with van der Waals surface area (Å²) >= 11 is 0. The Morgan fingerprint density at radius 3 is 2.48 bits per heavy atom. The molecule has 5 atom stereocenters. The van der Waals surface area contributed by atoms with Gasteiger partial charge < -0.3 is 0 Å². The summed E-state index contributed by atoms with van der Waals surface area (Å²) < 4.78 is 0. The van der Waals surface area contributed by atoms with Crippen molar-refractivity contribution < 1.29 is 9.59 Å². The van der Waals surface area contributed by atoms with Gasteiger partial charge in [-0.2, -0.15) is 0 Å². The van der Waals surface area contributed by atoms with E-state index in [4.69, 9.17) is 0 Å². The van der Waals surface area contributed by atoms with Crippen LogP contribution in [0.2, 0.25) is 0 Å². The summed E-state index contributed by atoms with van der Waals surface area (Å²) in [5.74, 6) is 2.88. The summed E-state index contributed by atoms with van der Waals surface area (Å²) in [5, 5.41) is 0. The number of carbonyl (C=O) groups is 2. The number of allylic oxidation sites excluding steroid dienone is 1. The fraction of sp³-hybridized carbons (Fsp3) is 0.789. The molecule has 0 aromatic heterocycles. The van der Waals surface area contributed by atoms with Crippen LogP contribution in [-0.4, -0.2) is 11.6 Å². The predicted molar refractivity (Wildman–Crippen MR) is 81.7 cm³/mol. The smallest absolute Gasteiger partial charge is 0.155 e. The average molecular weight is 286 g/mol. The second-order valence-electron chi connectivity index (χ2n) is 8.39. The Morgan fingerprint density at radius 2 is 1.67 bits per heavy atom. The van der Waals surface area contributed by atoms with E-state index in [1.807, 2.05) is 6.08 Å². The first-order chi connectivity index (χ1) is 9.95. The van der Waals surface area contributed by atoms with Gasteiger partial charge >= 0.3 is 0 Å². The molecule has 2 nitrogen and oxygen atoms in total. The maximum absolute atomic E-state index is 12.4. The van der Waals surface area contributed by atoms with Gasteiger partial charge in [-0.15, -0.1) is 0 Å². The molecule has 3 saturated carbocycles. The maximum Gasteiger partial charge on any atom is 0.155 e. The first-order valence-corrected chi connectivity index (χ1v) is 8.72. The van der Waals surface area contributed by atoms with E-state index in [9.17, 15) is 9.59 Å². The van der Waals surface area contributed by atoms with Crippen LogP contribution in [0.15, 0.2) is 11.6 Å². The molecular weight excluding hydrogens is 260 g/mol. The minimum Gasteiger partial charge on any atom is -0.299 e. The van der Waals surface area contributed by atoms with Crippen LogP contribution >= 0.6 is 0 Å². The van der Waals surface area contributed by atoms with E-state index in [2.05, 4.69) is 13.8 Å². The van der Waals surface area contributed by atoms with Crippen LogP contribution in [0.3, 0.4) is 0 Å². The molecule has 4 aliphatic carbocycles. The highest BCUT2D eigenvalue weighted by Crippen LogP contribution is 2.64. The van der Waals surface area contributed by atoms with Crippen LogP contribution in [-0.2, 0) is 9.59 Å². The quantitative estimate of drug-likeness (QED) is 0.672. The zero-order valence-corrected chi connectivity index (χ0v) is 13.3. The molecule has 0 N–H and O–H groups in total. The SMILES string of the molecule is C[C@@]12CCC3[C@H](CCC4=CC(=O)CC[C@]43C)C1CCC2=O. The van der Waals surface area contributed by atoms with Gasteiger partial charge in [0.2, 0.25) is 0 Å². The zero-order chi connectivity index (χ0) is 14.8. The van der Waals surface area contributed by atoms with Gasteiger partial charge in [0.1, 0.15) is 5.78 Å². The summed E-state index contributed by atoms with van der Waals surface area (Å²) in [5.41, 5.74) is 1.64. The van der Waals surface area contributed by atoms with Gasteiger partial charge in [0, 0.05) is 18.3 Å². The third-order valence-electron chi connectivity index (χ3n) is 7.67. The zero-order valence-electron chi connectivity index (χ0n) is 13.3. The Kier molecular flexibility index (Phi) is 2.81. The highest BCUT2D eigenvalue weighted by molar-refractivity contribution is 5.91. The van der Waals surface area contributed by atoms with E-state index in [-0.39, 0.29) is 10.8 Å². The number of ketones is 2. The van der Waals surface area contributed by atoms with E-state index in [1.165, 1.54) is 18.4 Å². The van der Waals surface area contributed by atoms with Crippen molar-refractivity contribution in [3.63, 3.8) is 0 Å². The van der Waals surface area contributed by atoms with E-state index in [0.29, 0.717) is 29.3 Å². The minimum atomic E-state index is -0.0246. The average Bonchev–Trinajstić information content (AvgIpc) is 2.76. The second kappa shape index (κ2) is 4.30. The molecular formula is C19H26O2. The second-order valence-corrected chi connectivity index (χ2v) is 8.39. The van der Waals surface area contributed by atoms with E-state index >= 15 is 0 Å². The lowest BCUT2D eigenvalue weighted by Crippen LogP contribution is -2.50. The van der Waals surface area contributed by atoms with Crippen molar-refractivity contribution in [2.75, 3.05) is 0 Å². The lowest BCUT2D eigenvalue weighted by molar-refractivity contribution is -0.132. The fourth-order valence-corrected chi connectivity index (χ4v) is 6.33. The number of carbonyl (C=O) groups excluding carboxylic acids is 2. The van der Waals surface area contributed by atoms with Crippen LogP contribution in [0.5, 0.6) is 0 Å². The molecule has 4 aliphatic rings. The van der Waals surface area contributed by atoms with Gasteiger partial charge in [0.05, 0.1) is 0 Å². The first-order valence-electron chi connectivity index (χ1n) is 8.72. The third kappa shape index (κ3) is 1.71. The van der Waals surface area contributed by atoms with Gasteiger partial charge in [0.15, 0.2) is 5.78 Å². The van der Waals surface area contributed by atoms with Crippen molar-refractivity contribution >= 4 is 11.6 Å². The summed E-state index contributed by atoms with van der Waals surface area (Å²) in [6, 6.07) is 0. The summed E-state index contributed by atoms with van der Waals surface area (Å²) in [7, 11) is 0. The van der Waals surface area contributed by atoms with Gasteiger partial charge in [-0.25, -0.2) is 0 Å². The normalized spacial score (nSPS) is 49.2. The van der Waals surface area contributed by atoms with Gasteiger partial charge in [-0.3, -0.25) is 9.59 Å². The standard InChI is InChI=1S/C19H26O2/c1-18-9-7-13(20)11-12(18)3-4-14-15-5-6-17(21)19(15,2)10-8-16(14)18/h11,14-16H,3-10H2,1-2H3/t14-,15?,16?,18-,19-/m1/s1. The largest absolute Gasteiger partial charge is 0.299 e. The number of hydrogen-bond acceptors (Lipinski definition) is 2. The number of hydrogen-bond donors (Lipinski definition) is 0. The summed E-state index contributed by atoms with van der Waals surface area (Å²) in [4.78, 5) is 24.1. The molecule has 0 spiro atoms. The van der Waals surface area contributed by atoms with Crippen molar-refractivity contribution in [1.29, 1.82) is 0 Å². The molecule has 0 aliphatic heterocycles. The van der Waals surface area contributed by atoms with Crippen molar-refractivity contribution in [3.8, 4) is 0 Å². The molecule has 0 amide bonds. The van der Waals surface area contributed by atoms with Crippen LogP contribution in [0.25, 0.3) is 0 Å². The summed E-state index contributed by atoms with van der Waals surface area (Å²) in [6.45, 7) is 4.64. The van der Waals surface area contributed by atoms with Crippen molar-refractivity contribution in [3.05, 3.63) is 11.6 Å². The maximum atomic E-state index is 12.4. The number of rotatable bonds is 0. The fourth-order valence-electron chi connectivity index (χ4n) is 6.33. The Labute approximate surface area is 127 Å². The molecule has 4 rings (SSSR count). The highest BCUT2D eigenvalue weighted by atomic mass is 16.1. The highest BCUT2D eigenvalue weighted by Gasteiger charge is 2.58. The first kappa shape index (κ1) is 13.7. The Balaban J connectivity index is 1.70. The third-order valence-corrected chi connectivity index (χ3v) is 7.67. The molecule has 0 aromatic rings. The Bertz CT molecular complexity index is 546. The lowest BCUT2D eigenvalue weighted by atomic mass is 9.47. The van der Waals surface area contributed by atoms with E-state index < -0.39 is 0 Å². The van der Waals surface area contributed by atoms with Crippen LogP contribution in [0, 0.1) is 28.6 Å². The lowest BCUT2D eigenvalue weighted by Gasteiger charge is -2.56. The minimum absolute atomic E-state index is 0.0246. The number of Topliss-reactive ketones (excluding diaryl/α,β-unsaturated/α-hetero) is 1. The van der Waals surface area contributed by atoms with Gasteiger partial charge in [-0.05, 0) is 67.8 Å². The van der Waals surface area contributed by atoms with E-state index in [0.717, 1.165) is 38.5 Å². The Hall–Kier alpha value is -0.920. The molecule has 0 radical (unpaired) electrons. The van der Waals surface area contributed by atoms with Crippen molar-refractivity contribution in [1.82, 2.24) is 0 Å². The predicted octanol–water partition coefficient (Wildman–Crippen LogP) is 4.09. The van der Waals surface area contributed by atoms with Gasteiger partial charge in [0.25, 0.3) is 0 Å². The van der Waals surface area contributed by atoms with Gasteiger partial charge in [-0.1, -0.05) is 19.4 Å². The Morgan fingerprint density at radius 1 is 0.905 bits per heavy atom. The monoisotopic (exact) mass is 286 g/mol. The summed E-state index contributed by atoms with van der Waals surface area (Å²) in [6.07, 6.45) is 10.2. The van der Waals surface area contributed by atoms with Crippen LogP contribution in [0.1, 0.15) is 65.2 Å². The van der Waals surface area contributed by atoms with Crippen molar-refractivity contribution in [2.45, 2.75) is 65.2 Å². The van der Waals surface area contributed by atoms with Crippen LogP contribution < -0.4 is 0 Å². The molecule has 0 saturated heterocycles. The molecule has 0 aromatic carbocycles. The molecule has 0 bridgehead atoms. The van der Waals surface area contributed by atoms with E-state index in [1.54, 1.807) is 0 Å². The van der Waals surface area contributed by atoms with Crippen LogP contribution in [0.4, 0.5) is 0 Å². The number of fused-ring (bicyclic) bond motifs is 5. The molecule has 0 heterocycles. The molecule has 114 valence electrons. The molecule has 2 unspecified atom stereocenters.